The van der Waals surface area contributed by atoms with Gasteiger partial charge < -0.3 is 4.98 Å². The van der Waals surface area contributed by atoms with Gasteiger partial charge in [0, 0.05) is 24.2 Å². The van der Waals surface area contributed by atoms with E-state index in [0.717, 1.165) is 55.7 Å². The Balaban J connectivity index is 0.000000237. The van der Waals surface area contributed by atoms with Crippen molar-refractivity contribution in [2.45, 2.75) is 5.41 Å². The maximum absolute atomic E-state index is 5.00. The van der Waals surface area contributed by atoms with Crippen molar-refractivity contribution in [1.82, 2.24) is 15.0 Å². The molecule has 0 saturated heterocycles. The Labute approximate surface area is 294 Å². The smallest absolute Gasteiger partial charge is 0.305 e. The number of aromatic nitrogens is 3. The molecule has 48 heavy (non-hydrogen) atoms. The summed E-state index contributed by atoms with van der Waals surface area (Å²) in [5, 5.41) is 2.31. The summed E-state index contributed by atoms with van der Waals surface area (Å²) in [5.74, 6) is 0. The van der Waals surface area contributed by atoms with Crippen LogP contribution in [0, 0.1) is 18.2 Å². The van der Waals surface area contributed by atoms with Gasteiger partial charge in [0.15, 0.2) is 0 Å². The normalized spacial score (nSPS) is 14.2. The molecule has 3 nitrogen and oxygen atoms in total. The SMILES string of the molecule is [Ir+3].[c-]1ccccc1-c1[c-]c([C@@]2(c3ccccn3)c3ccccc3-c3cccnc32)cc2ccccc12.[c-]1ccccc1-c1ccccn1. The van der Waals surface area contributed by atoms with Crippen molar-refractivity contribution in [3.63, 3.8) is 0 Å². The third kappa shape index (κ3) is 5.46. The van der Waals surface area contributed by atoms with Crippen LogP contribution in [0.25, 0.3) is 44.3 Å². The van der Waals surface area contributed by atoms with Gasteiger partial charge in [-0.2, -0.15) is 30.3 Å². The van der Waals surface area contributed by atoms with Gasteiger partial charge in [-0.25, -0.2) is 11.1 Å². The van der Waals surface area contributed by atoms with Crippen LogP contribution >= 0.6 is 0 Å². The number of pyridine rings is 3. The fourth-order valence-corrected chi connectivity index (χ4v) is 6.63. The first kappa shape index (κ1) is 31.1. The number of hydrogen-bond donors (Lipinski definition) is 0. The molecule has 4 heteroatoms. The van der Waals surface area contributed by atoms with Gasteiger partial charge in [0.05, 0.1) is 16.8 Å². The van der Waals surface area contributed by atoms with Crippen LogP contribution < -0.4 is 0 Å². The summed E-state index contributed by atoms with van der Waals surface area (Å²) in [6.07, 6.45) is 5.54. The largest absolute Gasteiger partial charge is 3.00 e. The van der Waals surface area contributed by atoms with Crippen LogP contribution in [0.5, 0.6) is 0 Å². The van der Waals surface area contributed by atoms with E-state index in [9.17, 15) is 0 Å². The first-order valence-electron chi connectivity index (χ1n) is 15.6. The van der Waals surface area contributed by atoms with Crippen molar-refractivity contribution in [3.05, 3.63) is 211 Å². The van der Waals surface area contributed by atoms with Gasteiger partial charge in [0.2, 0.25) is 0 Å². The molecule has 0 amide bonds. The quantitative estimate of drug-likeness (QED) is 0.167. The van der Waals surface area contributed by atoms with Gasteiger partial charge in [0.1, 0.15) is 0 Å². The molecule has 0 N–H and O–H groups in total. The summed E-state index contributed by atoms with van der Waals surface area (Å²) >= 11 is 0. The molecular weight excluding hydrogens is 763 g/mol. The average Bonchev–Trinajstić information content (AvgIpc) is 3.47. The van der Waals surface area contributed by atoms with E-state index in [4.69, 9.17) is 9.97 Å². The Hall–Kier alpha value is -5.54. The monoisotopic (exact) mass is 791 g/mol. The summed E-state index contributed by atoms with van der Waals surface area (Å²) in [6.45, 7) is 0. The Bertz CT molecular complexity index is 2210. The van der Waals surface area contributed by atoms with Crippen molar-refractivity contribution >= 4 is 10.8 Å². The molecule has 0 spiro atoms. The number of benzene rings is 5. The number of rotatable bonds is 4. The molecule has 5 aromatic carbocycles. The minimum absolute atomic E-state index is 0. The predicted octanol–water partition coefficient (Wildman–Crippen LogP) is 9.81. The molecular formula is C44H28IrN3. The second-order valence-electron chi connectivity index (χ2n) is 11.3. The summed E-state index contributed by atoms with van der Waals surface area (Å²) in [7, 11) is 0. The van der Waals surface area contributed by atoms with E-state index >= 15 is 0 Å². The van der Waals surface area contributed by atoms with E-state index in [-0.39, 0.29) is 20.1 Å². The zero-order chi connectivity index (χ0) is 31.5. The molecule has 0 unspecified atom stereocenters. The average molecular weight is 791 g/mol. The van der Waals surface area contributed by atoms with Crippen LogP contribution in [0.2, 0.25) is 0 Å². The van der Waals surface area contributed by atoms with Crippen LogP contribution in [-0.4, -0.2) is 15.0 Å². The van der Waals surface area contributed by atoms with Crippen molar-refractivity contribution in [2.24, 2.45) is 0 Å². The van der Waals surface area contributed by atoms with Crippen LogP contribution in [-0.2, 0) is 25.5 Å². The Kier molecular flexibility index (Phi) is 8.85. The molecule has 0 radical (unpaired) electrons. The third-order valence-electron chi connectivity index (χ3n) is 8.66. The summed E-state index contributed by atoms with van der Waals surface area (Å²) in [5.41, 5.74) is 9.88. The van der Waals surface area contributed by atoms with E-state index in [1.807, 2.05) is 79.1 Å². The molecule has 1 atom stereocenters. The molecule has 0 saturated carbocycles. The predicted molar refractivity (Wildman–Crippen MR) is 188 cm³/mol. The molecule has 0 aliphatic heterocycles. The second kappa shape index (κ2) is 13.7. The fourth-order valence-electron chi connectivity index (χ4n) is 6.63. The van der Waals surface area contributed by atoms with Gasteiger partial charge in [-0.15, -0.1) is 70.4 Å². The Morgan fingerprint density at radius 1 is 0.521 bits per heavy atom. The minimum atomic E-state index is -0.679. The zero-order valence-corrected chi connectivity index (χ0v) is 28.2. The van der Waals surface area contributed by atoms with Crippen molar-refractivity contribution in [2.75, 3.05) is 0 Å². The molecule has 1 aliphatic rings. The molecule has 9 rings (SSSR count). The molecule has 8 aromatic rings. The number of nitrogens with zero attached hydrogens (tertiary/aromatic N) is 3. The van der Waals surface area contributed by atoms with Gasteiger partial charge in [-0.3, -0.25) is 9.97 Å². The van der Waals surface area contributed by atoms with E-state index in [1.165, 1.54) is 11.1 Å². The van der Waals surface area contributed by atoms with E-state index in [1.54, 1.807) is 6.20 Å². The molecule has 1 aliphatic carbocycles. The van der Waals surface area contributed by atoms with Gasteiger partial charge in [0.25, 0.3) is 0 Å². The van der Waals surface area contributed by atoms with Gasteiger partial charge >= 0.3 is 20.1 Å². The van der Waals surface area contributed by atoms with E-state index in [0.29, 0.717) is 0 Å². The number of fused-ring (bicyclic) bond motifs is 4. The minimum Gasteiger partial charge on any atom is -0.305 e. The molecule has 3 heterocycles. The van der Waals surface area contributed by atoms with E-state index < -0.39 is 5.41 Å². The first-order valence-corrected chi connectivity index (χ1v) is 15.6. The van der Waals surface area contributed by atoms with Gasteiger partial charge in [-0.1, -0.05) is 66.7 Å². The fraction of sp³-hybridized carbons (Fsp3) is 0.0227. The second-order valence-corrected chi connectivity index (χ2v) is 11.3. The van der Waals surface area contributed by atoms with Crippen LogP contribution in [0.4, 0.5) is 0 Å². The number of hydrogen-bond acceptors (Lipinski definition) is 3. The van der Waals surface area contributed by atoms with Crippen LogP contribution in [0.1, 0.15) is 22.5 Å². The summed E-state index contributed by atoms with van der Waals surface area (Å²) in [6, 6.07) is 61.9. The summed E-state index contributed by atoms with van der Waals surface area (Å²) in [4.78, 5) is 14.1. The van der Waals surface area contributed by atoms with E-state index in [2.05, 4.69) is 108 Å². The third-order valence-corrected chi connectivity index (χ3v) is 8.66. The maximum atomic E-state index is 5.00. The van der Waals surface area contributed by atoms with Crippen molar-refractivity contribution in [3.8, 4) is 33.5 Å². The van der Waals surface area contributed by atoms with Crippen LogP contribution in [0.3, 0.4) is 0 Å². The van der Waals surface area contributed by atoms with Gasteiger partial charge in [-0.05, 0) is 41.1 Å². The zero-order valence-electron chi connectivity index (χ0n) is 25.8. The maximum Gasteiger partial charge on any atom is 3.00 e. The molecule has 0 fully saturated rings. The van der Waals surface area contributed by atoms with Crippen LogP contribution in [0.15, 0.2) is 170 Å². The topological polar surface area (TPSA) is 38.7 Å². The molecule has 0 bridgehead atoms. The summed E-state index contributed by atoms with van der Waals surface area (Å²) < 4.78 is 0. The Morgan fingerprint density at radius 3 is 1.94 bits per heavy atom. The van der Waals surface area contributed by atoms with Crippen molar-refractivity contribution in [1.29, 1.82) is 0 Å². The standard InChI is InChI=1S/C33H20N2.C11H8N.Ir/c1-2-11-23(12-3-1)29-22-25(21-24-13-4-5-14-26(24)29)33(31-18-8-9-19-34-31)30-17-7-6-15-27(30)28-16-10-20-35-32(28)33;1-2-6-10(7-3-1)11-8-4-5-9-12-11;/h1-11,13-21H;1-6,8-9H;/q-2;-1;+3/t33-;;/m0../s1. The molecule has 228 valence electrons. The molecule has 3 aromatic heterocycles. The van der Waals surface area contributed by atoms with Crippen molar-refractivity contribution < 1.29 is 20.1 Å². The Morgan fingerprint density at radius 2 is 1.19 bits per heavy atom. The first-order chi connectivity index (χ1) is 23.3.